The van der Waals surface area contributed by atoms with Crippen molar-refractivity contribution >= 4 is 27.7 Å². The van der Waals surface area contributed by atoms with Crippen molar-refractivity contribution in [2.24, 2.45) is 5.92 Å². The van der Waals surface area contributed by atoms with E-state index in [1.807, 2.05) is 25.4 Å². The summed E-state index contributed by atoms with van der Waals surface area (Å²) in [6.45, 7) is 1.80. The second kappa shape index (κ2) is 6.73. The van der Waals surface area contributed by atoms with Gasteiger partial charge in [0.25, 0.3) is 0 Å². The van der Waals surface area contributed by atoms with Crippen LogP contribution in [0.2, 0.25) is 0 Å². The zero-order valence-corrected chi connectivity index (χ0v) is 12.3. The van der Waals surface area contributed by atoms with Crippen molar-refractivity contribution in [3.8, 4) is 0 Å². The Morgan fingerprint density at radius 1 is 1.65 bits per heavy atom. The minimum atomic E-state index is 0.507. The van der Waals surface area contributed by atoms with Crippen LogP contribution in [-0.2, 0) is 4.74 Å². The number of hydrogen-bond donors (Lipinski definition) is 1. The molecule has 1 aliphatic rings. The number of pyridine rings is 1. The highest BCUT2D eigenvalue weighted by Gasteiger charge is 2.24. The van der Waals surface area contributed by atoms with Gasteiger partial charge in [0.15, 0.2) is 0 Å². The fraction of sp³-hybridized carbons (Fsp3) is 0.583. The number of ether oxygens (including phenoxy) is 1. The molecule has 1 N–H and O–H groups in total. The minimum absolute atomic E-state index is 0.507. The van der Waals surface area contributed by atoms with E-state index in [2.05, 4.69) is 26.2 Å². The highest BCUT2D eigenvalue weighted by Crippen LogP contribution is 2.23. The summed E-state index contributed by atoms with van der Waals surface area (Å²) in [6.07, 6.45) is 3.01. The molecule has 0 amide bonds. The van der Waals surface area contributed by atoms with E-state index in [-0.39, 0.29) is 0 Å². The average molecular weight is 317 g/mol. The predicted molar refractivity (Wildman–Crippen MR) is 74.4 cm³/mol. The lowest BCUT2D eigenvalue weighted by Crippen LogP contribution is -2.36. The van der Waals surface area contributed by atoms with Crippen molar-refractivity contribution in [3.63, 3.8) is 0 Å². The summed E-state index contributed by atoms with van der Waals surface area (Å²) in [5, 5.41) is 4.46. The summed E-state index contributed by atoms with van der Waals surface area (Å²) in [5.41, 5.74) is 0. The van der Waals surface area contributed by atoms with Crippen LogP contribution in [0.25, 0.3) is 0 Å². The number of hydrogen-bond acceptors (Lipinski definition) is 4. The number of thioether (sulfide) groups is 1. The summed E-state index contributed by atoms with van der Waals surface area (Å²) < 4.78 is 6.46. The van der Waals surface area contributed by atoms with E-state index in [0.29, 0.717) is 12.0 Å². The molecule has 2 heterocycles. The molecule has 2 atom stereocenters. The van der Waals surface area contributed by atoms with Gasteiger partial charge < -0.3 is 10.1 Å². The number of nitrogens with one attached hydrogen (secondary N) is 1. The molecule has 1 fully saturated rings. The maximum Gasteiger partial charge on any atom is 0.0961 e. The summed E-state index contributed by atoms with van der Waals surface area (Å²) in [4.78, 5) is 4.37. The lowest BCUT2D eigenvalue weighted by Gasteiger charge is -2.21. The van der Waals surface area contributed by atoms with Gasteiger partial charge in [0.2, 0.25) is 0 Å². The topological polar surface area (TPSA) is 34.2 Å². The van der Waals surface area contributed by atoms with E-state index in [1.165, 1.54) is 6.42 Å². The number of halogens is 1. The molecule has 1 aliphatic heterocycles. The fourth-order valence-electron chi connectivity index (χ4n) is 1.95. The van der Waals surface area contributed by atoms with Gasteiger partial charge in [-0.2, -0.15) is 0 Å². The van der Waals surface area contributed by atoms with Crippen LogP contribution in [0.5, 0.6) is 0 Å². The van der Waals surface area contributed by atoms with Crippen LogP contribution in [-0.4, -0.2) is 37.0 Å². The molecule has 5 heteroatoms. The Bertz CT molecular complexity index is 341. The monoisotopic (exact) mass is 316 g/mol. The molecule has 1 aromatic heterocycles. The lowest BCUT2D eigenvalue weighted by molar-refractivity contribution is 0.180. The Labute approximate surface area is 115 Å². The van der Waals surface area contributed by atoms with Gasteiger partial charge >= 0.3 is 0 Å². The van der Waals surface area contributed by atoms with Crippen molar-refractivity contribution in [2.45, 2.75) is 17.5 Å². The van der Waals surface area contributed by atoms with Gasteiger partial charge in [-0.25, -0.2) is 4.98 Å². The molecular weight excluding hydrogens is 300 g/mol. The quantitative estimate of drug-likeness (QED) is 0.847. The van der Waals surface area contributed by atoms with Crippen LogP contribution in [0.15, 0.2) is 27.8 Å². The van der Waals surface area contributed by atoms with Crippen molar-refractivity contribution in [1.29, 1.82) is 0 Å². The zero-order chi connectivity index (χ0) is 12.1. The first-order chi connectivity index (χ1) is 8.29. The number of aromatic nitrogens is 1. The Morgan fingerprint density at radius 2 is 2.53 bits per heavy atom. The summed E-state index contributed by atoms with van der Waals surface area (Å²) in [7, 11) is 2.03. The molecule has 1 aromatic rings. The molecule has 17 heavy (non-hydrogen) atoms. The molecule has 0 saturated carbocycles. The molecule has 0 aliphatic carbocycles. The summed E-state index contributed by atoms with van der Waals surface area (Å²) in [5.74, 6) is 1.68. The van der Waals surface area contributed by atoms with Gasteiger partial charge in [0.05, 0.1) is 11.6 Å². The molecule has 2 unspecified atom stereocenters. The molecule has 2 rings (SSSR count). The van der Waals surface area contributed by atoms with Gasteiger partial charge in [-0.3, -0.25) is 0 Å². The Balaban J connectivity index is 1.84. The maximum absolute atomic E-state index is 5.44. The van der Waals surface area contributed by atoms with Gasteiger partial charge in [-0.1, -0.05) is 0 Å². The minimum Gasteiger partial charge on any atom is -0.381 e. The van der Waals surface area contributed by atoms with E-state index in [4.69, 9.17) is 4.74 Å². The second-order valence-corrected chi connectivity index (χ2v) is 6.10. The highest BCUT2D eigenvalue weighted by molar-refractivity contribution is 9.10. The number of nitrogens with zero attached hydrogens (tertiary/aromatic N) is 1. The Hall–Kier alpha value is -0.100. The summed E-state index contributed by atoms with van der Waals surface area (Å²) in [6, 6.07) is 4.59. The van der Waals surface area contributed by atoms with Gasteiger partial charge in [0, 0.05) is 35.0 Å². The van der Waals surface area contributed by atoms with Crippen molar-refractivity contribution in [1.82, 2.24) is 10.3 Å². The number of rotatable bonds is 5. The van der Waals surface area contributed by atoms with Crippen LogP contribution in [0.1, 0.15) is 6.42 Å². The van der Waals surface area contributed by atoms with Crippen LogP contribution in [0.3, 0.4) is 0 Å². The Morgan fingerprint density at radius 3 is 3.12 bits per heavy atom. The highest BCUT2D eigenvalue weighted by atomic mass is 79.9. The molecular formula is C12H17BrN2OS. The van der Waals surface area contributed by atoms with Crippen molar-refractivity contribution in [3.05, 3.63) is 22.8 Å². The molecule has 1 saturated heterocycles. The first-order valence-electron chi connectivity index (χ1n) is 5.79. The smallest absolute Gasteiger partial charge is 0.0961 e. The van der Waals surface area contributed by atoms with E-state index in [9.17, 15) is 0 Å². The van der Waals surface area contributed by atoms with Crippen LogP contribution in [0.4, 0.5) is 0 Å². The first-order valence-corrected chi connectivity index (χ1v) is 7.57. The SMILES string of the molecule is CNC(CSc1ccc(Br)cn1)C1CCOC1. The standard InChI is InChI=1S/C12H17BrN2OS/c1-14-11(9-4-5-16-7-9)8-17-12-3-2-10(13)6-15-12/h2-3,6,9,11,14H,4-5,7-8H2,1H3. The third kappa shape index (κ3) is 3.95. The van der Waals surface area contributed by atoms with E-state index in [1.54, 1.807) is 11.8 Å². The third-order valence-corrected chi connectivity index (χ3v) is 4.55. The normalized spacial score (nSPS) is 21.6. The van der Waals surface area contributed by atoms with E-state index < -0.39 is 0 Å². The van der Waals surface area contributed by atoms with E-state index >= 15 is 0 Å². The molecule has 3 nitrogen and oxygen atoms in total. The molecule has 94 valence electrons. The van der Waals surface area contributed by atoms with E-state index in [0.717, 1.165) is 28.5 Å². The van der Waals surface area contributed by atoms with Gasteiger partial charge in [-0.15, -0.1) is 11.8 Å². The van der Waals surface area contributed by atoms with Gasteiger partial charge in [-0.05, 0) is 41.5 Å². The Kier molecular flexibility index (Phi) is 5.28. The van der Waals surface area contributed by atoms with Crippen molar-refractivity contribution in [2.75, 3.05) is 26.0 Å². The fourth-order valence-corrected chi connectivity index (χ4v) is 3.26. The summed E-state index contributed by atoms with van der Waals surface area (Å²) >= 11 is 5.19. The predicted octanol–water partition coefficient (Wildman–Crippen LogP) is 2.56. The average Bonchev–Trinajstić information content (AvgIpc) is 2.86. The van der Waals surface area contributed by atoms with Gasteiger partial charge in [0.1, 0.15) is 0 Å². The largest absolute Gasteiger partial charge is 0.381 e. The maximum atomic E-state index is 5.44. The second-order valence-electron chi connectivity index (χ2n) is 4.14. The molecule has 0 bridgehead atoms. The lowest BCUT2D eigenvalue weighted by atomic mass is 10.0. The third-order valence-electron chi connectivity index (χ3n) is 3.02. The van der Waals surface area contributed by atoms with Crippen LogP contribution < -0.4 is 5.32 Å². The first kappa shape index (κ1) is 13.3. The molecule has 0 spiro atoms. The van der Waals surface area contributed by atoms with Crippen LogP contribution in [0, 0.1) is 5.92 Å². The van der Waals surface area contributed by atoms with Crippen LogP contribution >= 0.6 is 27.7 Å². The molecule has 0 aromatic carbocycles. The molecule has 0 radical (unpaired) electrons. The zero-order valence-electron chi connectivity index (χ0n) is 9.86. The van der Waals surface area contributed by atoms with Crippen molar-refractivity contribution < 1.29 is 4.74 Å².